The first-order valence-corrected chi connectivity index (χ1v) is 9.20. The molecule has 0 aliphatic carbocycles. The van der Waals surface area contributed by atoms with Crippen LogP contribution in [0.25, 0.3) is 0 Å². The standard InChI is InChI=1S/C20H20N2O4S/c1-12-11-17(22-19(23)16-9-6-10-26-16)27-18(12)20(24)21-13(2)14-7-4-5-8-15(14)25-3/h4-11,13H,1-3H3,(H,21,24)(H,22,23). The van der Waals surface area contributed by atoms with Gasteiger partial charge in [-0.1, -0.05) is 18.2 Å². The molecule has 0 fully saturated rings. The molecule has 7 heteroatoms. The summed E-state index contributed by atoms with van der Waals surface area (Å²) >= 11 is 1.22. The van der Waals surface area contributed by atoms with Crippen LogP contribution in [-0.2, 0) is 0 Å². The van der Waals surface area contributed by atoms with Gasteiger partial charge in [0.1, 0.15) is 5.75 Å². The van der Waals surface area contributed by atoms with Crippen molar-refractivity contribution in [1.82, 2.24) is 5.32 Å². The molecule has 6 nitrogen and oxygen atoms in total. The molecule has 0 aliphatic rings. The average molecular weight is 384 g/mol. The Balaban J connectivity index is 1.71. The molecular formula is C20H20N2O4S. The topological polar surface area (TPSA) is 80.6 Å². The van der Waals surface area contributed by atoms with Crippen LogP contribution in [0.15, 0.2) is 53.1 Å². The van der Waals surface area contributed by atoms with Crippen LogP contribution in [0.1, 0.15) is 44.3 Å². The first-order valence-electron chi connectivity index (χ1n) is 8.38. The number of aryl methyl sites for hydroxylation is 1. The van der Waals surface area contributed by atoms with Gasteiger partial charge in [-0.2, -0.15) is 0 Å². The lowest BCUT2D eigenvalue weighted by Gasteiger charge is -2.17. The second kappa shape index (κ2) is 8.09. The highest BCUT2D eigenvalue weighted by Gasteiger charge is 2.19. The van der Waals surface area contributed by atoms with E-state index in [0.29, 0.717) is 9.88 Å². The van der Waals surface area contributed by atoms with Crippen LogP contribution in [0.5, 0.6) is 5.75 Å². The van der Waals surface area contributed by atoms with Crippen LogP contribution >= 0.6 is 11.3 Å². The predicted octanol–water partition coefficient (Wildman–Crippen LogP) is 4.40. The molecule has 0 saturated carbocycles. The van der Waals surface area contributed by atoms with Gasteiger partial charge in [0.15, 0.2) is 5.76 Å². The van der Waals surface area contributed by atoms with E-state index in [-0.39, 0.29) is 23.6 Å². The van der Waals surface area contributed by atoms with Crippen LogP contribution in [0.4, 0.5) is 5.00 Å². The summed E-state index contributed by atoms with van der Waals surface area (Å²) in [5, 5.41) is 6.32. The van der Waals surface area contributed by atoms with Crippen LogP contribution in [0.3, 0.4) is 0 Å². The molecule has 2 heterocycles. The minimum Gasteiger partial charge on any atom is -0.496 e. The molecule has 1 unspecified atom stereocenters. The van der Waals surface area contributed by atoms with Crippen LogP contribution in [0.2, 0.25) is 0 Å². The van der Waals surface area contributed by atoms with E-state index in [9.17, 15) is 9.59 Å². The molecule has 0 saturated heterocycles. The second-order valence-corrected chi connectivity index (χ2v) is 7.04. The predicted molar refractivity (Wildman–Crippen MR) is 105 cm³/mol. The molecule has 0 radical (unpaired) electrons. The highest BCUT2D eigenvalue weighted by Crippen LogP contribution is 2.29. The number of amides is 2. The Morgan fingerprint density at radius 3 is 2.63 bits per heavy atom. The van der Waals surface area contributed by atoms with Crippen molar-refractivity contribution in [3.63, 3.8) is 0 Å². The first kappa shape index (κ1) is 18.7. The van der Waals surface area contributed by atoms with Crippen LogP contribution in [-0.4, -0.2) is 18.9 Å². The number of thiophene rings is 1. The molecule has 0 aliphatic heterocycles. The number of para-hydroxylation sites is 1. The van der Waals surface area contributed by atoms with Gasteiger partial charge >= 0.3 is 0 Å². The van der Waals surface area contributed by atoms with E-state index in [2.05, 4.69) is 10.6 Å². The Hall–Kier alpha value is -3.06. The van der Waals surface area contributed by atoms with Gasteiger partial charge in [0.05, 0.1) is 29.3 Å². The molecule has 2 amide bonds. The van der Waals surface area contributed by atoms with Crippen molar-refractivity contribution < 1.29 is 18.7 Å². The van der Waals surface area contributed by atoms with Gasteiger partial charge in [0, 0.05) is 5.56 Å². The molecule has 1 aromatic carbocycles. The maximum atomic E-state index is 12.7. The molecule has 140 valence electrons. The summed E-state index contributed by atoms with van der Waals surface area (Å²) in [6.45, 7) is 3.74. The van der Waals surface area contributed by atoms with Crippen molar-refractivity contribution >= 4 is 28.2 Å². The first-order chi connectivity index (χ1) is 13.0. The van der Waals surface area contributed by atoms with Gasteiger partial charge in [0.2, 0.25) is 0 Å². The number of ether oxygens (including phenoxy) is 1. The second-order valence-electron chi connectivity index (χ2n) is 5.99. The fourth-order valence-electron chi connectivity index (χ4n) is 2.71. The summed E-state index contributed by atoms with van der Waals surface area (Å²) in [5.41, 5.74) is 1.69. The molecular weight excluding hydrogens is 364 g/mol. The zero-order chi connectivity index (χ0) is 19.4. The van der Waals surface area contributed by atoms with E-state index in [1.807, 2.05) is 38.1 Å². The maximum Gasteiger partial charge on any atom is 0.291 e. The van der Waals surface area contributed by atoms with E-state index >= 15 is 0 Å². The summed E-state index contributed by atoms with van der Waals surface area (Å²) in [7, 11) is 1.60. The molecule has 3 rings (SSSR count). The average Bonchev–Trinajstić information content (AvgIpc) is 3.31. The minimum absolute atomic E-state index is 0.200. The van der Waals surface area contributed by atoms with Crippen molar-refractivity contribution in [2.24, 2.45) is 0 Å². The number of methoxy groups -OCH3 is 1. The summed E-state index contributed by atoms with van der Waals surface area (Å²) in [5.74, 6) is 0.390. The van der Waals surface area contributed by atoms with Crippen molar-refractivity contribution in [3.05, 3.63) is 70.5 Å². The Bertz CT molecular complexity index is 947. The largest absolute Gasteiger partial charge is 0.496 e. The van der Waals surface area contributed by atoms with Crippen LogP contribution < -0.4 is 15.4 Å². The fraction of sp³-hybridized carbons (Fsp3) is 0.200. The quantitative estimate of drug-likeness (QED) is 0.660. The van der Waals surface area contributed by atoms with Crippen molar-refractivity contribution in [2.75, 3.05) is 12.4 Å². The monoisotopic (exact) mass is 384 g/mol. The Morgan fingerprint density at radius 2 is 1.93 bits per heavy atom. The molecule has 1 atom stereocenters. The number of anilines is 1. The van der Waals surface area contributed by atoms with E-state index in [1.54, 1.807) is 25.3 Å². The lowest BCUT2D eigenvalue weighted by atomic mass is 10.1. The smallest absolute Gasteiger partial charge is 0.291 e. The molecule has 27 heavy (non-hydrogen) atoms. The number of hydrogen-bond acceptors (Lipinski definition) is 5. The Morgan fingerprint density at radius 1 is 1.15 bits per heavy atom. The van der Waals surface area contributed by atoms with Crippen LogP contribution in [0, 0.1) is 6.92 Å². The Labute approximate surface area is 161 Å². The zero-order valence-corrected chi connectivity index (χ0v) is 16.1. The molecule has 0 spiro atoms. The highest BCUT2D eigenvalue weighted by molar-refractivity contribution is 7.18. The van der Waals surface area contributed by atoms with Gasteiger partial charge in [0.25, 0.3) is 11.8 Å². The van der Waals surface area contributed by atoms with E-state index in [0.717, 1.165) is 16.9 Å². The number of hydrogen-bond donors (Lipinski definition) is 2. The number of nitrogens with one attached hydrogen (secondary N) is 2. The van der Waals surface area contributed by atoms with E-state index < -0.39 is 0 Å². The highest BCUT2D eigenvalue weighted by atomic mass is 32.1. The molecule has 2 N–H and O–H groups in total. The fourth-order valence-corrected chi connectivity index (χ4v) is 3.69. The summed E-state index contributed by atoms with van der Waals surface area (Å²) in [6, 6.07) is 12.3. The lowest BCUT2D eigenvalue weighted by molar-refractivity contribution is 0.0942. The number of carbonyl (C=O) groups excluding carboxylic acids is 2. The lowest BCUT2D eigenvalue weighted by Crippen LogP contribution is -2.26. The Kier molecular flexibility index (Phi) is 5.61. The van der Waals surface area contributed by atoms with E-state index in [1.165, 1.54) is 17.6 Å². The number of rotatable bonds is 6. The normalized spacial score (nSPS) is 11.7. The molecule has 0 bridgehead atoms. The molecule has 3 aromatic rings. The maximum absolute atomic E-state index is 12.7. The summed E-state index contributed by atoms with van der Waals surface area (Å²) in [4.78, 5) is 25.3. The van der Waals surface area contributed by atoms with Gasteiger partial charge in [-0.05, 0) is 43.7 Å². The third-order valence-corrected chi connectivity index (χ3v) is 5.21. The third-order valence-electron chi connectivity index (χ3n) is 4.06. The zero-order valence-electron chi connectivity index (χ0n) is 15.2. The van der Waals surface area contributed by atoms with Gasteiger partial charge in [-0.3, -0.25) is 9.59 Å². The van der Waals surface area contributed by atoms with E-state index in [4.69, 9.17) is 9.15 Å². The van der Waals surface area contributed by atoms with Gasteiger partial charge in [-0.15, -0.1) is 11.3 Å². The minimum atomic E-state index is -0.351. The van der Waals surface area contributed by atoms with Gasteiger partial charge < -0.3 is 19.8 Å². The summed E-state index contributed by atoms with van der Waals surface area (Å²) in [6.07, 6.45) is 1.44. The van der Waals surface area contributed by atoms with Crippen molar-refractivity contribution in [1.29, 1.82) is 0 Å². The number of furan rings is 1. The number of carbonyl (C=O) groups is 2. The van der Waals surface area contributed by atoms with Gasteiger partial charge in [-0.25, -0.2) is 0 Å². The van der Waals surface area contributed by atoms with Crippen molar-refractivity contribution in [3.8, 4) is 5.75 Å². The van der Waals surface area contributed by atoms with Crippen molar-refractivity contribution in [2.45, 2.75) is 19.9 Å². The number of benzene rings is 1. The molecule has 2 aromatic heterocycles. The SMILES string of the molecule is COc1ccccc1C(C)NC(=O)c1sc(NC(=O)c2ccco2)cc1C. The summed E-state index contributed by atoms with van der Waals surface area (Å²) < 4.78 is 10.4. The third kappa shape index (κ3) is 4.20.